The van der Waals surface area contributed by atoms with E-state index in [9.17, 15) is 4.79 Å². The number of aromatic nitrogens is 2. The lowest BCUT2D eigenvalue weighted by molar-refractivity contribution is 0.0262. The van der Waals surface area contributed by atoms with Crippen molar-refractivity contribution in [3.05, 3.63) is 28.8 Å². The van der Waals surface area contributed by atoms with Crippen molar-refractivity contribution in [3.8, 4) is 5.75 Å². The van der Waals surface area contributed by atoms with Crippen LogP contribution in [0.25, 0.3) is 10.9 Å². The molecule has 2 aliphatic heterocycles. The van der Waals surface area contributed by atoms with Crippen molar-refractivity contribution < 1.29 is 9.47 Å². The Kier molecular flexibility index (Phi) is 4.82. The molecule has 0 amide bonds. The summed E-state index contributed by atoms with van der Waals surface area (Å²) < 4.78 is 11.7. The highest BCUT2D eigenvalue weighted by atomic mass is 16.5. The summed E-state index contributed by atoms with van der Waals surface area (Å²) in [6.45, 7) is 3.37. The fourth-order valence-corrected chi connectivity index (χ4v) is 3.80. The number of hydrogen-bond donors (Lipinski definition) is 1. The van der Waals surface area contributed by atoms with Gasteiger partial charge in [0.05, 0.1) is 25.1 Å². The molecule has 2 saturated heterocycles. The van der Waals surface area contributed by atoms with E-state index in [1.165, 1.54) is 6.33 Å². The van der Waals surface area contributed by atoms with Crippen LogP contribution >= 0.6 is 0 Å². The van der Waals surface area contributed by atoms with Gasteiger partial charge in [-0.05, 0) is 26.6 Å². The Morgan fingerprint density at radius 3 is 2.81 bits per heavy atom. The van der Waals surface area contributed by atoms with E-state index in [0.29, 0.717) is 35.9 Å². The van der Waals surface area contributed by atoms with Crippen LogP contribution in [0.5, 0.6) is 5.75 Å². The van der Waals surface area contributed by atoms with Gasteiger partial charge in [-0.3, -0.25) is 4.79 Å². The smallest absolute Gasteiger partial charge is 0.262 e. The second kappa shape index (κ2) is 7.25. The molecule has 0 bridgehead atoms. The van der Waals surface area contributed by atoms with Gasteiger partial charge in [-0.1, -0.05) is 0 Å². The van der Waals surface area contributed by atoms with Crippen LogP contribution in [0, 0.1) is 0 Å². The molecule has 1 aromatic heterocycles. The molecule has 2 fully saturated rings. The first-order valence-electron chi connectivity index (χ1n) is 9.29. The van der Waals surface area contributed by atoms with E-state index < -0.39 is 0 Å². The molecule has 0 aliphatic carbocycles. The number of anilines is 1. The van der Waals surface area contributed by atoms with Crippen molar-refractivity contribution in [2.45, 2.75) is 31.4 Å². The predicted octanol–water partition coefficient (Wildman–Crippen LogP) is 1.62. The molecular formula is C19H26N4O3. The number of aromatic amines is 1. The minimum atomic E-state index is -0.156. The van der Waals surface area contributed by atoms with Gasteiger partial charge in [0.25, 0.3) is 5.56 Å². The van der Waals surface area contributed by atoms with Gasteiger partial charge in [0.2, 0.25) is 0 Å². The third-order valence-corrected chi connectivity index (χ3v) is 5.41. The van der Waals surface area contributed by atoms with Crippen LogP contribution in [0.15, 0.2) is 23.3 Å². The lowest BCUT2D eigenvalue weighted by Crippen LogP contribution is -2.31. The zero-order valence-electron chi connectivity index (χ0n) is 15.4. The topological polar surface area (TPSA) is 70.7 Å². The zero-order valence-corrected chi connectivity index (χ0v) is 15.4. The van der Waals surface area contributed by atoms with Crippen LogP contribution in [-0.4, -0.2) is 67.4 Å². The molecule has 7 nitrogen and oxygen atoms in total. The van der Waals surface area contributed by atoms with Gasteiger partial charge in [0.15, 0.2) is 0 Å². The van der Waals surface area contributed by atoms with E-state index in [4.69, 9.17) is 9.47 Å². The summed E-state index contributed by atoms with van der Waals surface area (Å²) in [7, 11) is 4.24. The number of ether oxygens (including phenoxy) is 2. The van der Waals surface area contributed by atoms with Crippen LogP contribution < -0.4 is 15.2 Å². The second-order valence-electron chi connectivity index (χ2n) is 7.35. The molecule has 2 aromatic rings. The molecule has 0 radical (unpaired) electrons. The number of benzene rings is 1. The van der Waals surface area contributed by atoms with Crippen molar-refractivity contribution in [2.75, 3.05) is 45.3 Å². The van der Waals surface area contributed by atoms with Crippen LogP contribution in [0.3, 0.4) is 0 Å². The van der Waals surface area contributed by atoms with Crippen LogP contribution in [0.1, 0.15) is 19.3 Å². The van der Waals surface area contributed by atoms with Crippen LogP contribution in [0.2, 0.25) is 0 Å². The highest BCUT2D eigenvalue weighted by Crippen LogP contribution is 2.32. The molecule has 0 unspecified atom stereocenters. The van der Waals surface area contributed by atoms with E-state index in [-0.39, 0.29) is 11.7 Å². The lowest BCUT2D eigenvalue weighted by atomic mass is 10.1. The minimum absolute atomic E-state index is 0.0786. The van der Waals surface area contributed by atoms with E-state index in [1.54, 1.807) is 0 Å². The SMILES string of the molecule is CN(C)[C@H]1CCN(c2cc(OC3CCOCC3)c3c(=O)[nH]cnc3c2)C1. The Balaban J connectivity index is 1.70. The third-order valence-electron chi connectivity index (χ3n) is 5.41. The second-order valence-corrected chi connectivity index (χ2v) is 7.35. The Bertz CT molecular complexity index is 829. The van der Waals surface area contributed by atoms with Gasteiger partial charge in [0.1, 0.15) is 17.2 Å². The maximum absolute atomic E-state index is 12.4. The summed E-state index contributed by atoms with van der Waals surface area (Å²) in [5.74, 6) is 0.632. The molecule has 140 valence electrons. The lowest BCUT2D eigenvalue weighted by Gasteiger charge is -2.26. The molecule has 1 aromatic carbocycles. The first kappa shape index (κ1) is 17.3. The van der Waals surface area contributed by atoms with Gasteiger partial charge < -0.3 is 24.3 Å². The van der Waals surface area contributed by atoms with E-state index >= 15 is 0 Å². The van der Waals surface area contributed by atoms with Crippen molar-refractivity contribution >= 4 is 16.6 Å². The fourth-order valence-electron chi connectivity index (χ4n) is 3.80. The van der Waals surface area contributed by atoms with Crippen molar-refractivity contribution in [2.24, 2.45) is 0 Å². The Hall–Kier alpha value is -2.12. The average molecular weight is 358 g/mol. The Labute approximate surface area is 152 Å². The predicted molar refractivity (Wildman–Crippen MR) is 101 cm³/mol. The summed E-state index contributed by atoms with van der Waals surface area (Å²) >= 11 is 0. The van der Waals surface area contributed by atoms with Gasteiger partial charge in [-0.15, -0.1) is 0 Å². The number of fused-ring (bicyclic) bond motifs is 1. The molecular weight excluding hydrogens is 332 g/mol. The normalized spacial score (nSPS) is 21.7. The third kappa shape index (κ3) is 3.41. The minimum Gasteiger partial charge on any atom is -0.489 e. The Morgan fingerprint density at radius 2 is 2.08 bits per heavy atom. The van der Waals surface area contributed by atoms with Gasteiger partial charge in [-0.2, -0.15) is 0 Å². The molecule has 4 rings (SSSR count). The molecule has 0 saturated carbocycles. The van der Waals surface area contributed by atoms with E-state index in [0.717, 1.165) is 38.0 Å². The molecule has 1 N–H and O–H groups in total. The van der Waals surface area contributed by atoms with Crippen molar-refractivity contribution in [1.29, 1.82) is 0 Å². The monoisotopic (exact) mass is 358 g/mol. The average Bonchev–Trinajstić information content (AvgIpc) is 3.13. The molecule has 7 heteroatoms. The molecule has 3 heterocycles. The standard InChI is InChI=1S/C19H26N4O3/c1-22(2)13-3-6-23(11-13)14-9-16-18(19(24)21-12-20-16)17(10-14)26-15-4-7-25-8-5-15/h9-10,12-13,15H,3-8,11H2,1-2H3,(H,20,21,24)/t13-/m0/s1. The Morgan fingerprint density at radius 1 is 1.27 bits per heavy atom. The van der Waals surface area contributed by atoms with Gasteiger partial charge >= 0.3 is 0 Å². The summed E-state index contributed by atoms with van der Waals surface area (Å²) in [4.78, 5) is 24.1. The fraction of sp³-hybridized carbons (Fsp3) is 0.579. The number of likely N-dealkylation sites (N-methyl/N-ethyl adjacent to an activating group) is 1. The maximum Gasteiger partial charge on any atom is 0.262 e. The van der Waals surface area contributed by atoms with Gasteiger partial charge in [0, 0.05) is 43.7 Å². The highest BCUT2D eigenvalue weighted by Gasteiger charge is 2.26. The zero-order chi connectivity index (χ0) is 18.1. The molecule has 26 heavy (non-hydrogen) atoms. The summed E-state index contributed by atoms with van der Waals surface area (Å²) in [5, 5.41) is 0.533. The molecule has 0 spiro atoms. The van der Waals surface area contributed by atoms with Crippen LogP contribution in [-0.2, 0) is 4.74 Å². The molecule has 2 aliphatic rings. The summed E-state index contributed by atoms with van der Waals surface area (Å²) in [5.41, 5.74) is 1.60. The number of H-pyrrole nitrogens is 1. The number of nitrogens with one attached hydrogen (secondary N) is 1. The van der Waals surface area contributed by atoms with Crippen molar-refractivity contribution in [3.63, 3.8) is 0 Å². The van der Waals surface area contributed by atoms with E-state index in [2.05, 4.69) is 33.9 Å². The number of nitrogens with zero attached hydrogens (tertiary/aromatic N) is 3. The number of hydrogen-bond acceptors (Lipinski definition) is 6. The largest absolute Gasteiger partial charge is 0.489 e. The van der Waals surface area contributed by atoms with Crippen molar-refractivity contribution in [1.82, 2.24) is 14.9 Å². The first-order chi connectivity index (χ1) is 12.6. The number of rotatable bonds is 4. The van der Waals surface area contributed by atoms with Gasteiger partial charge in [-0.25, -0.2) is 4.98 Å². The highest BCUT2D eigenvalue weighted by molar-refractivity contribution is 5.88. The summed E-state index contributed by atoms with van der Waals surface area (Å²) in [6.07, 6.45) is 4.35. The molecule has 1 atom stereocenters. The first-order valence-corrected chi connectivity index (χ1v) is 9.29. The summed E-state index contributed by atoms with van der Waals surface area (Å²) in [6, 6.07) is 4.55. The van der Waals surface area contributed by atoms with Crippen LogP contribution in [0.4, 0.5) is 5.69 Å². The van der Waals surface area contributed by atoms with E-state index in [1.807, 2.05) is 12.1 Å². The quantitative estimate of drug-likeness (QED) is 0.896. The maximum atomic E-state index is 12.4.